The van der Waals surface area contributed by atoms with Crippen molar-refractivity contribution in [2.24, 2.45) is 0 Å². The molecule has 134 valence electrons. The molecule has 1 amide bonds. The normalized spacial score (nSPS) is 10.5. The molecular weight excluding hydrogens is 351 g/mol. The predicted molar refractivity (Wildman–Crippen MR) is 102 cm³/mol. The quantitative estimate of drug-likeness (QED) is 0.642. The van der Waals surface area contributed by atoms with E-state index in [0.29, 0.717) is 16.6 Å². The van der Waals surface area contributed by atoms with Gasteiger partial charge in [0.1, 0.15) is 11.6 Å². The third-order valence-electron chi connectivity index (χ3n) is 3.72. The minimum absolute atomic E-state index is 0.0847. The molecule has 1 N–H and O–H groups in total. The van der Waals surface area contributed by atoms with Crippen molar-refractivity contribution < 1.29 is 13.9 Å². The summed E-state index contributed by atoms with van der Waals surface area (Å²) in [5, 5.41) is 5.01. The van der Waals surface area contributed by atoms with E-state index in [2.05, 4.69) is 17.2 Å². The van der Waals surface area contributed by atoms with Gasteiger partial charge in [-0.3, -0.25) is 10.1 Å². The van der Waals surface area contributed by atoms with Gasteiger partial charge in [-0.25, -0.2) is 9.37 Å². The summed E-state index contributed by atoms with van der Waals surface area (Å²) in [5.74, 6) is 0.0890. The van der Waals surface area contributed by atoms with Gasteiger partial charge < -0.3 is 4.74 Å². The highest BCUT2D eigenvalue weighted by Gasteiger charge is 2.09. The van der Waals surface area contributed by atoms with Crippen molar-refractivity contribution in [1.29, 1.82) is 0 Å². The first-order valence-corrected chi connectivity index (χ1v) is 9.25. The number of nitrogens with one attached hydrogen (secondary N) is 1. The Morgan fingerprint density at radius 3 is 2.58 bits per heavy atom. The van der Waals surface area contributed by atoms with Gasteiger partial charge in [-0.05, 0) is 48.4 Å². The highest BCUT2D eigenvalue weighted by Crippen LogP contribution is 2.25. The van der Waals surface area contributed by atoms with E-state index in [1.807, 2.05) is 29.6 Å². The average molecular weight is 370 g/mol. The lowest BCUT2D eigenvalue weighted by atomic mass is 10.1. The molecule has 0 saturated carbocycles. The summed E-state index contributed by atoms with van der Waals surface area (Å²) in [7, 11) is 0. The summed E-state index contributed by atoms with van der Waals surface area (Å²) in [6, 6.07) is 13.8. The smallest absolute Gasteiger partial charge is 0.264 e. The number of thiazole rings is 1. The van der Waals surface area contributed by atoms with Crippen LogP contribution in [0.25, 0.3) is 11.3 Å². The van der Waals surface area contributed by atoms with Crippen LogP contribution in [0.1, 0.15) is 18.9 Å². The number of carbonyl (C=O) groups excluding carboxylic acids is 1. The molecule has 0 saturated heterocycles. The molecule has 0 bridgehead atoms. The number of aromatic nitrogens is 1. The Labute approximate surface area is 155 Å². The largest absolute Gasteiger partial charge is 0.484 e. The first-order chi connectivity index (χ1) is 12.6. The predicted octanol–water partition coefficient (Wildman–Crippen LogP) is 4.92. The second-order valence-corrected chi connectivity index (χ2v) is 6.63. The minimum Gasteiger partial charge on any atom is -0.484 e. The van der Waals surface area contributed by atoms with E-state index < -0.39 is 0 Å². The maximum Gasteiger partial charge on any atom is 0.264 e. The Kier molecular flexibility index (Phi) is 5.96. The van der Waals surface area contributed by atoms with Gasteiger partial charge in [0.25, 0.3) is 5.91 Å². The van der Waals surface area contributed by atoms with Gasteiger partial charge in [-0.1, -0.05) is 25.5 Å². The molecule has 0 unspecified atom stereocenters. The number of nitrogens with zero attached hydrogens (tertiary/aromatic N) is 1. The average Bonchev–Trinajstić information content (AvgIpc) is 3.10. The summed E-state index contributed by atoms with van der Waals surface area (Å²) >= 11 is 1.31. The molecule has 3 rings (SSSR count). The second-order valence-electron chi connectivity index (χ2n) is 5.78. The summed E-state index contributed by atoms with van der Waals surface area (Å²) in [6.45, 7) is 2.05. The Morgan fingerprint density at radius 2 is 1.88 bits per heavy atom. The van der Waals surface area contributed by atoms with Crippen molar-refractivity contribution in [3.8, 4) is 17.0 Å². The molecule has 1 aromatic heterocycles. The zero-order valence-electron chi connectivity index (χ0n) is 14.4. The van der Waals surface area contributed by atoms with Crippen molar-refractivity contribution in [3.63, 3.8) is 0 Å². The van der Waals surface area contributed by atoms with Gasteiger partial charge in [-0.15, -0.1) is 11.3 Å². The van der Waals surface area contributed by atoms with E-state index in [1.54, 1.807) is 12.1 Å². The zero-order valence-corrected chi connectivity index (χ0v) is 15.2. The summed E-state index contributed by atoms with van der Waals surface area (Å²) < 4.78 is 18.5. The van der Waals surface area contributed by atoms with Crippen molar-refractivity contribution in [2.75, 3.05) is 11.9 Å². The van der Waals surface area contributed by atoms with E-state index in [0.717, 1.165) is 18.4 Å². The number of carbonyl (C=O) groups is 1. The molecule has 6 heteroatoms. The number of amides is 1. The molecule has 0 spiro atoms. The van der Waals surface area contributed by atoms with Crippen LogP contribution < -0.4 is 10.1 Å². The van der Waals surface area contributed by atoms with Crippen molar-refractivity contribution >= 4 is 22.4 Å². The van der Waals surface area contributed by atoms with Crippen LogP contribution in [0.5, 0.6) is 5.75 Å². The van der Waals surface area contributed by atoms with Crippen LogP contribution in [-0.4, -0.2) is 17.5 Å². The van der Waals surface area contributed by atoms with E-state index in [4.69, 9.17) is 4.74 Å². The lowest BCUT2D eigenvalue weighted by Crippen LogP contribution is -2.20. The number of ether oxygens (including phenoxy) is 1. The fourth-order valence-electron chi connectivity index (χ4n) is 2.43. The molecule has 2 aromatic carbocycles. The van der Waals surface area contributed by atoms with Crippen LogP contribution in [0.4, 0.5) is 9.52 Å². The van der Waals surface area contributed by atoms with Gasteiger partial charge in [0.2, 0.25) is 0 Å². The third kappa shape index (κ3) is 4.89. The van der Waals surface area contributed by atoms with Crippen LogP contribution in [0.2, 0.25) is 0 Å². The van der Waals surface area contributed by atoms with Gasteiger partial charge >= 0.3 is 0 Å². The third-order valence-corrected chi connectivity index (χ3v) is 4.48. The number of hydrogen-bond donors (Lipinski definition) is 1. The Bertz CT molecular complexity index is 860. The highest BCUT2D eigenvalue weighted by molar-refractivity contribution is 7.14. The molecule has 0 radical (unpaired) electrons. The molecule has 26 heavy (non-hydrogen) atoms. The monoisotopic (exact) mass is 370 g/mol. The van der Waals surface area contributed by atoms with Crippen LogP contribution in [0.3, 0.4) is 0 Å². The first kappa shape index (κ1) is 18.1. The SMILES string of the molecule is CCCc1ccc(OCC(=O)Nc2nc(-c3ccc(F)cc3)cs2)cc1. The van der Waals surface area contributed by atoms with Gasteiger partial charge in [0.15, 0.2) is 11.7 Å². The maximum absolute atomic E-state index is 13.0. The van der Waals surface area contributed by atoms with Gasteiger partial charge in [0.05, 0.1) is 5.69 Å². The van der Waals surface area contributed by atoms with Gasteiger partial charge in [-0.2, -0.15) is 0 Å². The number of aryl methyl sites for hydroxylation is 1. The molecule has 0 aliphatic carbocycles. The molecule has 4 nitrogen and oxygen atoms in total. The first-order valence-electron chi connectivity index (χ1n) is 8.37. The standard InChI is InChI=1S/C20H19FN2O2S/c1-2-3-14-4-10-17(11-5-14)25-12-19(24)23-20-22-18(13-26-20)15-6-8-16(21)9-7-15/h4-11,13H,2-3,12H2,1H3,(H,22,23,24). The lowest BCUT2D eigenvalue weighted by molar-refractivity contribution is -0.118. The van der Waals surface area contributed by atoms with E-state index in [-0.39, 0.29) is 18.3 Å². The number of hydrogen-bond acceptors (Lipinski definition) is 4. The maximum atomic E-state index is 13.0. The van der Waals surface area contributed by atoms with Gasteiger partial charge in [0, 0.05) is 10.9 Å². The number of anilines is 1. The number of halogens is 1. The van der Waals surface area contributed by atoms with Crippen LogP contribution in [0.15, 0.2) is 53.9 Å². The lowest BCUT2D eigenvalue weighted by Gasteiger charge is -2.06. The Morgan fingerprint density at radius 1 is 1.15 bits per heavy atom. The molecule has 1 heterocycles. The van der Waals surface area contributed by atoms with Crippen molar-refractivity contribution in [2.45, 2.75) is 19.8 Å². The zero-order chi connectivity index (χ0) is 18.4. The van der Waals surface area contributed by atoms with Crippen LogP contribution in [-0.2, 0) is 11.2 Å². The molecule has 0 atom stereocenters. The molecule has 0 fully saturated rings. The fourth-order valence-corrected chi connectivity index (χ4v) is 3.17. The van der Waals surface area contributed by atoms with Crippen molar-refractivity contribution in [1.82, 2.24) is 4.98 Å². The minimum atomic E-state index is -0.294. The van der Waals surface area contributed by atoms with E-state index in [1.165, 1.54) is 29.0 Å². The summed E-state index contributed by atoms with van der Waals surface area (Å²) in [5.41, 5.74) is 2.74. The molecular formula is C20H19FN2O2S. The topological polar surface area (TPSA) is 51.2 Å². The Balaban J connectivity index is 1.52. The van der Waals surface area contributed by atoms with E-state index in [9.17, 15) is 9.18 Å². The van der Waals surface area contributed by atoms with Crippen LogP contribution >= 0.6 is 11.3 Å². The Hall–Kier alpha value is -2.73. The summed E-state index contributed by atoms with van der Waals surface area (Å²) in [4.78, 5) is 16.4. The van der Waals surface area contributed by atoms with E-state index >= 15 is 0 Å². The molecule has 0 aliphatic heterocycles. The number of benzene rings is 2. The summed E-state index contributed by atoms with van der Waals surface area (Å²) in [6.07, 6.45) is 2.12. The second kappa shape index (κ2) is 8.58. The molecule has 0 aliphatic rings. The fraction of sp³-hybridized carbons (Fsp3) is 0.200. The highest BCUT2D eigenvalue weighted by atomic mass is 32.1. The molecule has 3 aromatic rings. The van der Waals surface area contributed by atoms with Crippen LogP contribution in [0, 0.1) is 5.82 Å². The number of rotatable bonds is 7. The van der Waals surface area contributed by atoms with Crippen molar-refractivity contribution in [3.05, 3.63) is 65.3 Å².